The molecule has 0 aliphatic heterocycles. The van der Waals surface area contributed by atoms with Gasteiger partial charge in [-0.15, -0.1) is 0 Å². The molecule has 0 saturated heterocycles. The molecule has 0 aromatic heterocycles. The first kappa shape index (κ1) is 23.1. The quantitative estimate of drug-likeness (QED) is 0.332. The van der Waals surface area contributed by atoms with Crippen molar-refractivity contribution < 1.29 is 19.1 Å². The van der Waals surface area contributed by atoms with Crippen LogP contribution in [0.4, 0.5) is 0 Å². The Hall–Kier alpha value is -1.89. The van der Waals surface area contributed by atoms with E-state index in [2.05, 4.69) is 10.6 Å². The third-order valence-electron chi connectivity index (χ3n) is 4.49. The molecule has 1 amide bonds. The van der Waals surface area contributed by atoms with Crippen LogP contribution in [-0.4, -0.2) is 42.4 Å². The maximum atomic E-state index is 12.8. The number of hydrogen-bond acceptors (Lipinski definition) is 6. The molecule has 0 bridgehead atoms. The van der Waals surface area contributed by atoms with Gasteiger partial charge in [0.25, 0.3) is 0 Å². The smallest absolute Gasteiger partial charge is 0.328 e. The van der Waals surface area contributed by atoms with Crippen LogP contribution in [0.3, 0.4) is 0 Å². The summed E-state index contributed by atoms with van der Waals surface area (Å²) < 4.78 is 5.23. The van der Waals surface area contributed by atoms with E-state index in [0.717, 1.165) is 25.7 Å². The molecule has 0 radical (unpaired) electrons. The first-order chi connectivity index (χ1) is 12.8. The van der Waals surface area contributed by atoms with Gasteiger partial charge in [-0.2, -0.15) is 0 Å². The number of nitrogens with two attached hydrogens (primary N) is 1. The van der Waals surface area contributed by atoms with Crippen molar-refractivity contribution in [3.63, 3.8) is 0 Å². The summed E-state index contributed by atoms with van der Waals surface area (Å²) in [6.45, 7) is 5.56. The van der Waals surface area contributed by atoms with Crippen molar-refractivity contribution in [2.24, 2.45) is 5.73 Å². The Kier molecular flexibility index (Phi) is 10.7. The van der Waals surface area contributed by atoms with Gasteiger partial charge >= 0.3 is 5.97 Å². The zero-order chi connectivity index (χ0) is 20.2. The zero-order valence-corrected chi connectivity index (χ0v) is 16.9. The number of esters is 1. The highest BCUT2D eigenvalue weighted by Gasteiger charge is 2.27. The van der Waals surface area contributed by atoms with Crippen LogP contribution in [0.1, 0.15) is 72.1 Å². The highest BCUT2D eigenvalue weighted by molar-refractivity contribution is 5.88. The monoisotopic (exact) mass is 381 g/mol. The average molecular weight is 382 g/mol. The van der Waals surface area contributed by atoms with Gasteiger partial charge in [-0.05, 0) is 78.5 Å². The fourth-order valence-corrected chi connectivity index (χ4v) is 2.71. The molecule has 1 aliphatic carbocycles. The van der Waals surface area contributed by atoms with E-state index in [1.165, 1.54) is 18.9 Å². The lowest BCUT2D eigenvalue weighted by atomic mass is 9.93. The van der Waals surface area contributed by atoms with E-state index in [9.17, 15) is 14.4 Å². The predicted molar refractivity (Wildman–Crippen MR) is 105 cm³/mol. The lowest BCUT2D eigenvalue weighted by Crippen LogP contribution is -2.50. The third kappa shape index (κ3) is 9.56. The molecule has 1 fully saturated rings. The molecule has 2 atom stereocenters. The van der Waals surface area contributed by atoms with Gasteiger partial charge in [0.15, 0.2) is 0 Å². The molecule has 1 rings (SSSR count). The largest absolute Gasteiger partial charge is 0.461 e. The van der Waals surface area contributed by atoms with Crippen LogP contribution in [-0.2, 0) is 19.1 Å². The second-order valence-electron chi connectivity index (χ2n) is 7.45. The summed E-state index contributed by atoms with van der Waals surface area (Å²) in [6.07, 6.45) is 7.69. The van der Waals surface area contributed by atoms with E-state index in [1.807, 2.05) is 6.20 Å². The Balaban J connectivity index is 2.73. The molecule has 27 heavy (non-hydrogen) atoms. The lowest BCUT2D eigenvalue weighted by Gasteiger charge is -2.24. The van der Waals surface area contributed by atoms with Crippen molar-refractivity contribution in [3.05, 3.63) is 11.8 Å². The molecule has 7 heteroatoms. The van der Waals surface area contributed by atoms with Crippen LogP contribution in [0.2, 0.25) is 0 Å². The maximum Gasteiger partial charge on any atom is 0.328 e. The number of unbranched alkanes of at least 4 members (excludes halogenated alkanes) is 1. The van der Waals surface area contributed by atoms with Gasteiger partial charge in [0, 0.05) is 6.42 Å². The number of rotatable bonds is 13. The van der Waals surface area contributed by atoms with Crippen LogP contribution >= 0.6 is 0 Å². The SMILES string of the molecule is CC(=O)CCC(NC(=O)[C@H](CCCCN)NC=C1CCC1)C(=O)OC(C)C. The van der Waals surface area contributed by atoms with E-state index in [0.29, 0.717) is 13.0 Å². The van der Waals surface area contributed by atoms with Crippen LogP contribution in [0.5, 0.6) is 0 Å². The van der Waals surface area contributed by atoms with Crippen LogP contribution in [0.15, 0.2) is 11.8 Å². The number of hydrogen-bond donors (Lipinski definition) is 3. The normalized spacial score (nSPS) is 15.5. The highest BCUT2D eigenvalue weighted by atomic mass is 16.5. The van der Waals surface area contributed by atoms with Crippen molar-refractivity contribution in [3.8, 4) is 0 Å². The predicted octanol–water partition coefficient (Wildman–Crippen LogP) is 1.95. The van der Waals surface area contributed by atoms with Crippen molar-refractivity contribution in [1.82, 2.24) is 10.6 Å². The molecule has 7 nitrogen and oxygen atoms in total. The van der Waals surface area contributed by atoms with Gasteiger partial charge in [0.2, 0.25) is 5.91 Å². The van der Waals surface area contributed by atoms with Gasteiger partial charge < -0.3 is 25.9 Å². The maximum absolute atomic E-state index is 12.8. The summed E-state index contributed by atoms with van der Waals surface area (Å²) in [5.41, 5.74) is 6.86. The molecular weight excluding hydrogens is 346 g/mol. The second kappa shape index (κ2) is 12.5. The summed E-state index contributed by atoms with van der Waals surface area (Å²) in [5, 5.41) is 5.97. The Bertz CT molecular complexity index is 525. The molecule has 0 spiro atoms. The topological polar surface area (TPSA) is 111 Å². The van der Waals surface area contributed by atoms with Crippen molar-refractivity contribution in [2.75, 3.05) is 6.54 Å². The van der Waals surface area contributed by atoms with E-state index in [1.54, 1.807) is 13.8 Å². The minimum absolute atomic E-state index is 0.0288. The molecular formula is C20H35N3O4. The van der Waals surface area contributed by atoms with Gasteiger partial charge in [-0.1, -0.05) is 5.57 Å². The van der Waals surface area contributed by atoms with Crippen molar-refractivity contribution >= 4 is 17.7 Å². The lowest BCUT2D eigenvalue weighted by molar-refractivity contribution is -0.151. The van der Waals surface area contributed by atoms with E-state index >= 15 is 0 Å². The first-order valence-electron chi connectivity index (χ1n) is 9.97. The Morgan fingerprint density at radius 3 is 2.37 bits per heavy atom. The molecule has 4 N–H and O–H groups in total. The minimum Gasteiger partial charge on any atom is -0.461 e. The van der Waals surface area contributed by atoms with Gasteiger partial charge in [0.1, 0.15) is 17.9 Å². The zero-order valence-electron chi connectivity index (χ0n) is 16.9. The second-order valence-corrected chi connectivity index (χ2v) is 7.45. The average Bonchev–Trinajstić information content (AvgIpc) is 2.54. The summed E-state index contributed by atoms with van der Waals surface area (Å²) in [7, 11) is 0. The van der Waals surface area contributed by atoms with Crippen LogP contribution < -0.4 is 16.4 Å². The Morgan fingerprint density at radius 2 is 1.85 bits per heavy atom. The van der Waals surface area contributed by atoms with Gasteiger partial charge in [-0.25, -0.2) is 4.79 Å². The molecule has 0 heterocycles. The number of nitrogens with one attached hydrogen (secondary N) is 2. The number of carbonyl (C=O) groups is 3. The number of allylic oxidation sites excluding steroid dienone is 1. The van der Waals surface area contributed by atoms with Gasteiger partial charge in [0.05, 0.1) is 6.10 Å². The van der Waals surface area contributed by atoms with Crippen LogP contribution in [0.25, 0.3) is 0 Å². The Morgan fingerprint density at radius 1 is 1.15 bits per heavy atom. The number of amides is 1. The number of Topliss-reactive ketones (excluding diaryl/α,β-unsaturated/α-hetero) is 1. The molecule has 1 unspecified atom stereocenters. The number of ketones is 1. The summed E-state index contributed by atoms with van der Waals surface area (Å²) in [5.74, 6) is -0.783. The van der Waals surface area contributed by atoms with E-state index in [-0.39, 0.29) is 30.6 Å². The minimum atomic E-state index is -0.820. The molecule has 1 saturated carbocycles. The first-order valence-corrected chi connectivity index (χ1v) is 9.97. The third-order valence-corrected chi connectivity index (χ3v) is 4.49. The number of ether oxygens (including phenoxy) is 1. The van der Waals surface area contributed by atoms with Crippen molar-refractivity contribution in [2.45, 2.75) is 90.3 Å². The van der Waals surface area contributed by atoms with Gasteiger partial charge in [-0.3, -0.25) is 4.79 Å². The fourth-order valence-electron chi connectivity index (χ4n) is 2.71. The summed E-state index contributed by atoms with van der Waals surface area (Å²) >= 11 is 0. The molecule has 154 valence electrons. The number of carbonyl (C=O) groups excluding carboxylic acids is 3. The highest BCUT2D eigenvalue weighted by Crippen LogP contribution is 2.24. The van der Waals surface area contributed by atoms with E-state index < -0.39 is 18.1 Å². The molecule has 0 aromatic carbocycles. The standard InChI is InChI=1S/C20H35N3O4/c1-14(2)27-20(26)18(11-10-15(3)24)23-19(25)17(9-4-5-12-21)22-13-16-7-6-8-16/h13-14,17-18,22H,4-12,21H2,1-3H3,(H,23,25)/t17-,18?/m0/s1. The molecule has 0 aromatic rings. The van der Waals surface area contributed by atoms with Crippen molar-refractivity contribution in [1.29, 1.82) is 0 Å². The fraction of sp³-hybridized carbons (Fsp3) is 0.750. The summed E-state index contributed by atoms with van der Waals surface area (Å²) in [6, 6.07) is -1.25. The Labute approximate surface area is 162 Å². The van der Waals surface area contributed by atoms with Crippen LogP contribution in [0, 0.1) is 0 Å². The molecule has 1 aliphatic rings. The van der Waals surface area contributed by atoms with E-state index in [4.69, 9.17) is 10.5 Å². The summed E-state index contributed by atoms with van der Waals surface area (Å²) in [4.78, 5) is 36.4.